The highest BCUT2D eigenvalue weighted by Gasteiger charge is 2.32. The van der Waals surface area contributed by atoms with Gasteiger partial charge >= 0.3 is 6.09 Å². The van der Waals surface area contributed by atoms with E-state index in [0.29, 0.717) is 13.0 Å². The number of carbonyl (C=O) groups excluding carboxylic acids is 1. The largest absolute Gasteiger partial charge is 0.449 e. The summed E-state index contributed by atoms with van der Waals surface area (Å²) in [6.07, 6.45) is 0.987. The monoisotopic (exact) mass is 279 g/mol. The number of hydrogen-bond donors (Lipinski definition) is 0. The SMILES string of the molecule is CC(C)(C)COC(=O)N1c2ccccc2CCC1CF. The zero-order chi connectivity index (χ0) is 14.8. The van der Waals surface area contributed by atoms with Crippen molar-refractivity contribution in [2.45, 2.75) is 39.7 Å². The van der Waals surface area contributed by atoms with Gasteiger partial charge in [0.15, 0.2) is 0 Å². The molecule has 1 aliphatic heterocycles. The van der Waals surface area contributed by atoms with E-state index in [9.17, 15) is 9.18 Å². The van der Waals surface area contributed by atoms with Crippen LogP contribution in [0.2, 0.25) is 0 Å². The van der Waals surface area contributed by atoms with E-state index in [0.717, 1.165) is 17.7 Å². The van der Waals surface area contributed by atoms with Gasteiger partial charge in [0.2, 0.25) is 0 Å². The summed E-state index contributed by atoms with van der Waals surface area (Å²) in [4.78, 5) is 13.8. The van der Waals surface area contributed by atoms with Gasteiger partial charge in [-0.3, -0.25) is 4.90 Å². The fourth-order valence-corrected chi connectivity index (χ4v) is 2.35. The Labute approximate surface area is 119 Å². The van der Waals surface area contributed by atoms with Crippen molar-refractivity contribution >= 4 is 11.8 Å². The molecule has 1 atom stereocenters. The number of aryl methyl sites for hydroxylation is 1. The van der Waals surface area contributed by atoms with E-state index in [1.165, 1.54) is 4.90 Å². The van der Waals surface area contributed by atoms with Crippen LogP contribution in [0.25, 0.3) is 0 Å². The molecule has 0 aliphatic carbocycles. The van der Waals surface area contributed by atoms with Gasteiger partial charge in [0, 0.05) is 0 Å². The summed E-state index contributed by atoms with van der Waals surface area (Å²) in [7, 11) is 0. The van der Waals surface area contributed by atoms with Crippen LogP contribution in [0.1, 0.15) is 32.8 Å². The number of fused-ring (bicyclic) bond motifs is 1. The standard InChI is InChI=1S/C16H22FNO2/c1-16(2,3)11-20-15(19)18-13(10-17)9-8-12-6-4-5-7-14(12)18/h4-7,13H,8-11H2,1-3H3. The molecule has 3 nitrogen and oxygen atoms in total. The molecule has 0 fully saturated rings. The number of amides is 1. The van der Waals surface area contributed by atoms with E-state index >= 15 is 0 Å². The summed E-state index contributed by atoms with van der Waals surface area (Å²) in [5.41, 5.74) is 1.75. The van der Waals surface area contributed by atoms with Gasteiger partial charge in [-0.25, -0.2) is 9.18 Å². The lowest BCUT2D eigenvalue weighted by molar-refractivity contribution is 0.109. The minimum absolute atomic E-state index is 0.101. The molecule has 1 aromatic rings. The Morgan fingerprint density at radius 2 is 2.10 bits per heavy atom. The fraction of sp³-hybridized carbons (Fsp3) is 0.562. The first kappa shape index (κ1) is 14.8. The lowest BCUT2D eigenvalue weighted by Crippen LogP contribution is -2.46. The number of benzene rings is 1. The van der Waals surface area contributed by atoms with Crippen LogP contribution in [0, 0.1) is 5.41 Å². The predicted octanol–water partition coefficient (Wildman–Crippen LogP) is 3.96. The second-order valence-corrected chi connectivity index (χ2v) is 6.46. The molecule has 0 bridgehead atoms. The maximum Gasteiger partial charge on any atom is 0.414 e. The van der Waals surface area contributed by atoms with Crippen LogP contribution in [-0.4, -0.2) is 25.4 Å². The van der Waals surface area contributed by atoms with Gasteiger partial charge in [0.25, 0.3) is 0 Å². The van der Waals surface area contributed by atoms with Crippen molar-refractivity contribution in [2.24, 2.45) is 5.41 Å². The molecule has 1 unspecified atom stereocenters. The van der Waals surface area contributed by atoms with Gasteiger partial charge in [-0.2, -0.15) is 0 Å². The Morgan fingerprint density at radius 1 is 1.40 bits per heavy atom. The highest BCUT2D eigenvalue weighted by Crippen LogP contribution is 2.31. The Kier molecular flexibility index (Phi) is 4.31. The summed E-state index contributed by atoms with van der Waals surface area (Å²) in [5.74, 6) is 0. The topological polar surface area (TPSA) is 29.5 Å². The van der Waals surface area contributed by atoms with Crippen LogP contribution < -0.4 is 4.90 Å². The maximum absolute atomic E-state index is 13.2. The van der Waals surface area contributed by atoms with Crippen LogP contribution in [0.5, 0.6) is 0 Å². The van der Waals surface area contributed by atoms with Crippen molar-refractivity contribution in [2.75, 3.05) is 18.2 Å². The molecular weight excluding hydrogens is 257 g/mol. The molecule has 110 valence electrons. The number of nitrogens with zero attached hydrogens (tertiary/aromatic N) is 1. The molecule has 1 aromatic carbocycles. The first-order valence-electron chi connectivity index (χ1n) is 7.02. The summed E-state index contributed by atoms with van der Waals surface area (Å²) in [6, 6.07) is 7.22. The summed E-state index contributed by atoms with van der Waals surface area (Å²) in [5, 5.41) is 0. The lowest BCUT2D eigenvalue weighted by Gasteiger charge is -2.35. The number of alkyl halides is 1. The third-order valence-electron chi connectivity index (χ3n) is 3.37. The van der Waals surface area contributed by atoms with E-state index in [4.69, 9.17) is 4.74 Å². The Hall–Kier alpha value is -1.58. The van der Waals surface area contributed by atoms with Gasteiger partial charge in [-0.15, -0.1) is 0 Å². The van der Waals surface area contributed by atoms with Gasteiger partial charge < -0.3 is 4.74 Å². The lowest BCUT2D eigenvalue weighted by atomic mass is 9.96. The molecule has 0 aromatic heterocycles. The van der Waals surface area contributed by atoms with Crippen molar-refractivity contribution in [3.8, 4) is 0 Å². The Bertz CT molecular complexity index is 482. The van der Waals surface area contributed by atoms with Crippen molar-refractivity contribution in [3.63, 3.8) is 0 Å². The van der Waals surface area contributed by atoms with E-state index in [1.54, 1.807) is 0 Å². The van der Waals surface area contributed by atoms with Crippen LogP contribution in [0.15, 0.2) is 24.3 Å². The van der Waals surface area contributed by atoms with Gasteiger partial charge in [0.05, 0.1) is 18.3 Å². The first-order valence-corrected chi connectivity index (χ1v) is 7.02. The zero-order valence-corrected chi connectivity index (χ0v) is 12.4. The number of hydrogen-bond acceptors (Lipinski definition) is 2. The second kappa shape index (κ2) is 5.81. The number of rotatable bonds is 2. The molecule has 1 heterocycles. The van der Waals surface area contributed by atoms with Crippen LogP contribution >= 0.6 is 0 Å². The normalized spacial score (nSPS) is 18.6. The molecule has 0 saturated carbocycles. The molecule has 0 saturated heterocycles. The van der Waals surface area contributed by atoms with Gasteiger partial charge in [-0.1, -0.05) is 39.0 Å². The minimum atomic E-state index is -0.543. The Balaban J connectivity index is 2.20. The molecule has 2 rings (SSSR count). The molecule has 0 radical (unpaired) electrons. The number of ether oxygens (including phenoxy) is 1. The summed E-state index contributed by atoms with van der Waals surface area (Å²) >= 11 is 0. The fourth-order valence-electron chi connectivity index (χ4n) is 2.35. The van der Waals surface area contributed by atoms with E-state index in [2.05, 4.69) is 0 Å². The summed E-state index contributed by atoms with van der Waals surface area (Å²) < 4.78 is 18.6. The zero-order valence-electron chi connectivity index (χ0n) is 12.4. The highest BCUT2D eigenvalue weighted by atomic mass is 19.1. The number of para-hydroxylation sites is 1. The van der Waals surface area contributed by atoms with Crippen molar-refractivity contribution in [1.29, 1.82) is 0 Å². The molecule has 20 heavy (non-hydrogen) atoms. The first-order chi connectivity index (χ1) is 9.42. The van der Waals surface area contributed by atoms with Crippen molar-refractivity contribution in [3.05, 3.63) is 29.8 Å². The van der Waals surface area contributed by atoms with Gasteiger partial charge in [0.1, 0.15) is 6.67 Å². The second-order valence-electron chi connectivity index (χ2n) is 6.46. The highest BCUT2D eigenvalue weighted by molar-refractivity contribution is 5.90. The molecule has 4 heteroatoms. The van der Waals surface area contributed by atoms with Crippen LogP contribution in [-0.2, 0) is 11.2 Å². The van der Waals surface area contributed by atoms with E-state index in [1.807, 2.05) is 45.0 Å². The molecule has 0 spiro atoms. The number of halogens is 1. The van der Waals surface area contributed by atoms with E-state index in [-0.39, 0.29) is 5.41 Å². The third kappa shape index (κ3) is 3.30. The van der Waals surface area contributed by atoms with Crippen molar-refractivity contribution in [1.82, 2.24) is 0 Å². The predicted molar refractivity (Wildman–Crippen MR) is 77.8 cm³/mol. The quantitative estimate of drug-likeness (QED) is 0.820. The van der Waals surface area contributed by atoms with Crippen LogP contribution in [0.3, 0.4) is 0 Å². The average Bonchev–Trinajstić information content (AvgIpc) is 2.42. The number of carbonyl (C=O) groups is 1. The third-order valence-corrected chi connectivity index (χ3v) is 3.37. The van der Waals surface area contributed by atoms with Crippen molar-refractivity contribution < 1.29 is 13.9 Å². The maximum atomic E-state index is 13.2. The Morgan fingerprint density at radius 3 is 2.75 bits per heavy atom. The van der Waals surface area contributed by atoms with Crippen LogP contribution in [0.4, 0.5) is 14.9 Å². The minimum Gasteiger partial charge on any atom is -0.449 e. The molecule has 1 aliphatic rings. The molecular formula is C16H22FNO2. The average molecular weight is 279 g/mol. The smallest absolute Gasteiger partial charge is 0.414 e. The summed E-state index contributed by atoms with van der Waals surface area (Å²) in [6.45, 7) is 5.77. The number of anilines is 1. The van der Waals surface area contributed by atoms with E-state index < -0.39 is 18.8 Å². The van der Waals surface area contributed by atoms with Gasteiger partial charge in [-0.05, 0) is 29.9 Å². The molecule has 1 amide bonds. The molecule has 0 N–H and O–H groups in total.